The summed E-state index contributed by atoms with van der Waals surface area (Å²) in [5.41, 5.74) is 0.371. The zero-order valence-electron chi connectivity index (χ0n) is 14.2. The van der Waals surface area contributed by atoms with Gasteiger partial charge in [0.25, 0.3) is 0 Å². The molecule has 0 spiro atoms. The highest BCUT2D eigenvalue weighted by molar-refractivity contribution is 6.02. The molecule has 1 aliphatic carbocycles. The highest BCUT2D eigenvalue weighted by Crippen LogP contribution is 2.40. The molecule has 0 fully saturated rings. The van der Waals surface area contributed by atoms with Crippen LogP contribution >= 0.6 is 0 Å². The highest BCUT2D eigenvalue weighted by atomic mass is 16.4. The predicted molar refractivity (Wildman–Crippen MR) is 87.9 cm³/mol. The van der Waals surface area contributed by atoms with Gasteiger partial charge in [0, 0.05) is 6.42 Å². The largest absolute Gasteiger partial charge is 0.481 e. The minimum Gasteiger partial charge on any atom is -0.481 e. The first kappa shape index (κ1) is 19.3. The summed E-state index contributed by atoms with van der Waals surface area (Å²) in [6, 6.07) is 0. The van der Waals surface area contributed by atoms with Crippen LogP contribution in [0.5, 0.6) is 0 Å². The molecular formula is C18H26O5. The minimum absolute atomic E-state index is 0.122. The number of carbonyl (C=O) groups is 2. The zero-order chi connectivity index (χ0) is 17.8. The Hall–Kier alpha value is -1.72. The SMILES string of the molecule is CC1=C(/C=C/C(C)=C\CCC(C)O)[C@@](C)(C(=O)O)C[C@H](O)C1=O. The lowest BCUT2D eigenvalue weighted by molar-refractivity contribution is -0.148. The van der Waals surface area contributed by atoms with Gasteiger partial charge in [0.1, 0.15) is 6.10 Å². The van der Waals surface area contributed by atoms with E-state index in [0.717, 1.165) is 12.0 Å². The first-order valence-electron chi connectivity index (χ1n) is 7.79. The smallest absolute Gasteiger partial charge is 0.313 e. The van der Waals surface area contributed by atoms with Gasteiger partial charge in [0.15, 0.2) is 5.78 Å². The monoisotopic (exact) mass is 322 g/mol. The lowest BCUT2D eigenvalue weighted by atomic mass is 9.69. The summed E-state index contributed by atoms with van der Waals surface area (Å²) < 4.78 is 0. The molecule has 0 heterocycles. The van der Waals surface area contributed by atoms with Crippen molar-refractivity contribution in [3.63, 3.8) is 0 Å². The van der Waals surface area contributed by atoms with Crippen molar-refractivity contribution >= 4 is 11.8 Å². The van der Waals surface area contributed by atoms with Crippen LogP contribution in [-0.2, 0) is 9.59 Å². The van der Waals surface area contributed by atoms with Crippen LogP contribution in [0, 0.1) is 5.41 Å². The van der Waals surface area contributed by atoms with Gasteiger partial charge in [-0.2, -0.15) is 0 Å². The maximum absolute atomic E-state index is 12.0. The number of ketones is 1. The lowest BCUT2D eigenvalue weighted by Gasteiger charge is -2.34. The van der Waals surface area contributed by atoms with Crippen molar-refractivity contribution in [3.05, 3.63) is 34.9 Å². The van der Waals surface area contributed by atoms with Crippen LogP contribution in [0.1, 0.15) is 47.0 Å². The van der Waals surface area contributed by atoms with Gasteiger partial charge in [-0.15, -0.1) is 0 Å². The van der Waals surface area contributed by atoms with E-state index in [1.807, 2.05) is 13.0 Å². The van der Waals surface area contributed by atoms with Crippen LogP contribution in [0.15, 0.2) is 34.9 Å². The number of hydrogen-bond acceptors (Lipinski definition) is 4. The van der Waals surface area contributed by atoms with Crippen molar-refractivity contribution in [2.45, 2.75) is 59.2 Å². The molecular weight excluding hydrogens is 296 g/mol. The fourth-order valence-corrected chi connectivity index (χ4v) is 2.73. The van der Waals surface area contributed by atoms with Gasteiger partial charge in [-0.25, -0.2) is 0 Å². The average molecular weight is 322 g/mol. The molecule has 23 heavy (non-hydrogen) atoms. The number of aliphatic hydroxyl groups is 2. The summed E-state index contributed by atoms with van der Waals surface area (Å²) in [6.45, 7) is 6.69. The normalized spacial score (nSPS) is 27.7. The molecule has 1 aliphatic rings. The molecule has 3 atom stereocenters. The first-order chi connectivity index (χ1) is 10.6. The zero-order valence-corrected chi connectivity index (χ0v) is 14.2. The Labute approximate surface area is 137 Å². The minimum atomic E-state index is -1.28. The molecule has 0 bridgehead atoms. The van der Waals surface area contributed by atoms with Crippen molar-refractivity contribution in [3.8, 4) is 0 Å². The second kappa shape index (κ2) is 7.70. The third-order valence-electron chi connectivity index (χ3n) is 4.31. The van der Waals surface area contributed by atoms with E-state index in [1.54, 1.807) is 26.0 Å². The van der Waals surface area contributed by atoms with Crippen molar-refractivity contribution in [1.82, 2.24) is 0 Å². The van der Waals surface area contributed by atoms with E-state index in [4.69, 9.17) is 0 Å². The fraction of sp³-hybridized carbons (Fsp3) is 0.556. The molecule has 0 aromatic rings. The number of rotatable bonds is 6. The number of carbonyl (C=O) groups excluding carboxylic acids is 1. The summed E-state index contributed by atoms with van der Waals surface area (Å²) in [4.78, 5) is 23.6. The van der Waals surface area contributed by atoms with E-state index in [0.29, 0.717) is 17.6 Å². The summed E-state index contributed by atoms with van der Waals surface area (Å²) in [5, 5.41) is 28.6. The van der Waals surface area contributed by atoms with Gasteiger partial charge < -0.3 is 15.3 Å². The number of allylic oxidation sites excluding steroid dienone is 4. The van der Waals surface area contributed by atoms with Crippen molar-refractivity contribution in [2.24, 2.45) is 5.41 Å². The van der Waals surface area contributed by atoms with Gasteiger partial charge in [-0.3, -0.25) is 9.59 Å². The number of carboxylic acid groups (broad SMARTS) is 1. The Bertz CT molecular complexity index is 568. The first-order valence-corrected chi connectivity index (χ1v) is 7.79. The second-order valence-electron chi connectivity index (χ2n) is 6.47. The quantitative estimate of drug-likeness (QED) is 0.653. The Morgan fingerprint density at radius 2 is 2.09 bits per heavy atom. The Morgan fingerprint density at radius 1 is 1.48 bits per heavy atom. The third-order valence-corrected chi connectivity index (χ3v) is 4.31. The summed E-state index contributed by atoms with van der Waals surface area (Å²) in [6.07, 6.45) is 5.01. The van der Waals surface area contributed by atoms with Crippen molar-refractivity contribution < 1.29 is 24.9 Å². The Morgan fingerprint density at radius 3 is 2.61 bits per heavy atom. The van der Waals surface area contributed by atoms with Crippen LogP contribution in [0.25, 0.3) is 0 Å². The van der Waals surface area contributed by atoms with Crippen LogP contribution in [0.2, 0.25) is 0 Å². The molecule has 128 valence electrons. The fourth-order valence-electron chi connectivity index (χ4n) is 2.73. The van der Waals surface area contributed by atoms with Crippen LogP contribution in [-0.4, -0.2) is 39.3 Å². The molecule has 0 saturated carbocycles. The average Bonchev–Trinajstić information content (AvgIpc) is 2.44. The van der Waals surface area contributed by atoms with E-state index in [9.17, 15) is 24.9 Å². The molecule has 1 unspecified atom stereocenters. The molecule has 0 radical (unpaired) electrons. The summed E-state index contributed by atoms with van der Waals surface area (Å²) in [5.74, 6) is -1.47. The molecule has 0 aromatic carbocycles. The second-order valence-corrected chi connectivity index (χ2v) is 6.47. The molecule has 5 nitrogen and oxygen atoms in total. The Balaban J connectivity index is 3.08. The van der Waals surface area contributed by atoms with Crippen LogP contribution < -0.4 is 0 Å². The van der Waals surface area contributed by atoms with Crippen molar-refractivity contribution in [2.75, 3.05) is 0 Å². The standard InChI is InChI=1S/C18H26O5/c1-11(6-5-7-12(2)19)8-9-14-13(3)16(21)15(20)10-18(14,4)17(22)23/h6,8-9,12,15,19-20H,5,7,10H2,1-4H3,(H,22,23)/b9-8+,11-6-/t12?,15-,18-/m0/s1. The lowest BCUT2D eigenvalue weighted by Crippen LogP contribution is -2.42. The van der Waals surface area contributed by atoms with Gasteiger partial charge in [0.05, 0.1) is 11.5 Å². The summed E-state index contributed by atoms with van der Waals surface area (Å²) >= 11 is 0. The molecule has 1 rings (SSSR count). The molecule has 0 aliphatic heterocycles. The number of carboxylic acids is 1. The van der Waals surface area contributed by atoms with Gasteiger partial charge in [-0.05, 0) is 51.7 Å². The maximum atomic E-state index is 12.0. The number of aliphatic hydroxyl groups excluding tert-OH is 2. The Kier molecular flexibility index (Phi) is 6.47. The van der Waals surface area contributed by atoms with Gasteiger partial charge in [0.2, 0.25) is 0 Å². The molecule has 0 amide bonds. The van der Waals surface area contributed by atoms with E-state index < -0.39 is 23.3 Å². The summed E-state index contributed by atoms with van der Waals surface area (Å²) in [7, 11) is 0. The molecule has 0 aromatic heterocycles. The molecule has 3 N–H and O–H groups in total. The highest BCUT2D eigenvalue weighted by Gasteiger charge is 2.45. The van der Waals surface area contributed by atoms with E-state index in [1.165, 1.54) is 6.92 Å². The van der Waals surface area contributed by atoms with E-state index in [-0.39, 0.29) is 12.5 Å². The molecule has 5 heteroatoms. The third kappa shape index (κ3) is 4.62. The van der Waals surface area contributed by atoms with Crippen molar-refractivity contribution in [1.29, 1.82) is 0 Å². The predicted octanol–water partition coefficient (Wildman–Crippen LogP) is 2.39. The van der Waals surface area contributed by atoms with Crippen LogP contribution in [0.4, 0.5) is 0 Å². The number of hydrogen-bond donors (Lipinski definition) is 3. The van der Waals surface area contributed by atoms with E-state index in [2.05, 4.69) is 0 Å². The van der Waals surface area contributed by atoms with Gasteiger partial charge in [-0.1, -0.05) is 23.8 Å². The molecule has 0 saturated heterocycles. The number of aliphatic carboxylic acids is 1. The van der Waals surface area contributed by atoms with E-state index >= 15 is 0 Å². The van der Waals surface area contributed by atoms with Gasteiger partial charge >= 0.3 is 5.97 Å². The topological polar surface area (TPSA) is 94.8 Å². The number of Topliss-reactive ketones (excluding diaryl/α,β-unsaturated/α-hetero) is 1. The van der Waals surface area contributed by atoms with Crippen LogP contribution in [0.3, 0.4) is 0 Å². The maximum Gasteiger partial charge on any atom is 0.313 e.